The highest BCUT2D eigenvalue weighted by Gasteiger charge is 2.11. The molecule has 0 spiro atoms. The number of nitrogens with zero attached hydrogens (tertiary/aromatic N) is 1. The molecule has 3 N–H and O–H groups in total. The molecular formula is C21H20ClN3OS. The molecule has 2 aromatic carbocycles. The van der Waals surface area contributed by atoms with Crippen molar-refractivity contribution in [1.29, 1.82) is 0 Å². The number of Topliss-reactive ketones (excluding diaryl/α,β-unsaturated/α-hetero) is 1. The Morgan fingerprint density at radius 2 is 1.89 bits per heavy atom. The van der Waals surface area contributed by atoms with Gasteiger partial charge in [0.1, 0.15) is 0 Å². The van der Waals surface area contributed by atoms with Crippen molar-refractivity contribution in [2.75, 3.05) is 6.54 Å². The van der Waals surface area contributed by atoms with E-state index in [0.717, 1.165) is 30.1 Å². The van der Waals surface area contributed by atoms with Crippen molar-refractivity contribution in [2.24, 2.45) is 10.7 Å². The third-order valence-corrected chi connectivity index (χ3v) is 5.08. The van der Waals surface area contributed by atoms with Gasteiger partial charge in [0.15, 0.2) is 5.84 Å². The maximum Gasteiger partial charge on any atom is 0.237 e. The first-order valence-corrected chi connectivity index (χ1v) is 9.84. The fourth-order valence-electron chi connectivity index (χ4n) is 2.57. The number of hydrogen-bond donors (Lipinski definition) is 2. The highest BCUT2D eigenvalue weighted by Crippen LogP contribution is 2.15. The Hall–Kier alpha value is -2.47. The molecule has 0 aliphatic rings. The summed E-state index contributed by atoms with van der Waals surface area (Å²) in [5, 5.41) is 6.00. The molecule has 4 nitrogen and oxygen atoms in total. The van der Waals surface area contributed by atoms with Crippen LogP contribution < -0.4 is 11.1 Å². The normalized spacial score (nSPS) is 11.5. The largest absolute Gasteiger partial charge is 0.380 e. The van der Waals surface area contributed by atoms with Crippen molar-refractivity contribution in [3.63, 3.8) is 0 Å². The van der Waals surface area contributed by atoms with Crippen LogP contribution in [0.3, 0.4) is 0 Å². The van der Waals surface area contributed by atoms with E-state index in [4.69, 9.17) is 17.3 Å². The molecule has 0 atom stereocenters. The lowest BCUT2D eigenvalue weighted by molar-refractivity contribution is 0.106. The summed E-state index contributed by atoms with van der Waals surface area (Å²) in [5.74, 6) is -0.229. The highest BCUT2D eigenvalue weighted by molar-refractivity contribution is 7.13. The predicted molar refractivity (Wildman–Crippen MR) is 113 cm³/mol. The number of amidine groups is 1. The molecular weight excluding hydrogens is 378 g/mol. The minimum absolute atomic E-state index is 0.00777. The van der Waals surface area contributed by atoms with E-state index in [1.807, 2.05) is 60.0 Å². The molecule has 0 amide bonds. The lowest BCUT2D eigenvalue weighted by Crippen LogP contribution is -2.22. The number of nitrogens with two attached hydrogens (primary N) is 1. The van der Waals surface area contributed by atoms with Gasteiger partial charge in [-0.1, -0.05) is 41.9 Å². The number of nitrogens with one attached hydrogen (secondary N) is 1. The van der Waals surface area contributed by atoms with Gasteiger partial charge in [0.05, 0.1) is 10.6 Å². The molecule has 0 saturated heterocycles. The average molecular weight is 398 g/mol. The van der Waals surface area contributed by atoms with Crippen molar-refractivity contribution in [1.82, 2.24) is 5.32 Å². The Balaban J connectivity index is 1.50. The Kier molecular flexibility index (Phi) is 6.76. The second kappa shape index (κ2) is 9.46. The zero-order chi connectivity index (χ0) is 19.1. The van der Waals surface area contributed by atoms with E-state index < -0.39 is 0 Å². The van der Waals surface area contributed by atoms with Crippen LogP contribution in [-0.2, 0) is 13.0 Å². The van der Waals surface area contributed by atoms with Crippen molar-refractivity contribution >= 4 is 40.2 Å². The number of thiophene rings is 1. The molecule has 0 unspecified atom stereocenters. The van der Waals surface area contributed by atoms with Crippen molar-refractivity contribution in [3.8, 4) is 0 Å². The number of benzene rings is 2. The molecule has 0 aliphatic carbocycles. The minimum Gasteiger partial charge on any atom is -0.380 e. The van der Waals surface area contributed by atoms with Crippen molar-refractivity contribution in [2.45, 2.75) is 13.0 Å². The van der Waals surface area contributed by atoms with Gasteiger partial charge in [0.25, 0.3) is 0 Å². The monoisotopic (exact) mass is 397 g/mol. The maximum atomic E-state index is 12.1. The summed E-state index contributed by atoms with van der Waals surface area (Å²) < 4.78 is 0. The Morgan fingerprint density at radius 1 is 1.07 bits per heavy atom. The first-order valence-electron chi connectivity index (χ1n) is 8.58. The maximum absolute atomic E-state index is 12.1. The third-order valence-electron chi connectivity index (χ3n) is 3.97. The van der Waals surface area contributed by atoms with Gasteiger partial charge < -0.3 is 11.1 Å². The number of hydrogen-bond acceptors (Lipinski definition) is 4. The van der Waals surface area contributed by atoms with E-state index in [1.54, 1.807) is 6.07 Å². The van der Waals surface area contributed by atoms with Gasteiger partial charge in [-0.25, -0.2) is 4.99 Å². The minimum atomic E-state index is -0.237. The summed E-state index contributed by atoms with van der Waals surface area (Å²) in [7, 11) is 0. The molecule has 27 heavy (non-hydrogen) atoms. The summed E-state index contributed by atoms with van der Waals surface area (Å²) in [6.45, 7) is 1.64. The van der Waals surface area contributed by atoms with Gasteiger partial charge in [-0.05, 0) is 59.8 Å². The number of halogens is 1. The average Bonchev–Trinajstić information content (AvgIpc) is 3.20. The quantitative estimate of drug-likeness (QED) is 0.252. The molecule has 6 heteroatoms. The molecule has 0 aliphatic heterocycles. The van der Waals surface area contributed by atoms with Gasteiger partial charge in [-0.15, -0.1) is 11.3 Å². The van der Waals surface area contributed by atoms with E-state index in [1.165, 1.54) is 16.9 Å². The van der Waals surface area contributed by atoms with Crippen LogP contribution in [0.2, 0.25) is 5.02 Å². The van der Waals surface area contributed by atoms with Crippen molar-refractivity contribution in [3.05, 3.63) is 87.1 Å². The number of aliphatic imine (C=N–C) groups is 1. The van der Waals surface area contributed by atoms with Crippen LogP contribution in [0.1, 0.15) is 20.8 Å². The number of carbonyl (C=O) groups is 1. The van der Waals surface area contributed by atoms with Crippen LogP contribution in [-0.4, -0.2) is 18.2 Å². The molecule has 3 rings (SSSR count). The van der Waals surface area contributed by atoms with Gasteiger partial charge in [0, 0.05) is 11.6 Å². The molecule has 1 aromatic heterocycles. The van der Waals surface area contributed by atoms with E-state index in [9.17, 15) is 4.79 Å². The van der Waals surface area contributed by atoms with Gasteiger partial charge >= 0.3 is 0 Å². The van der Waals surface area contributed by atoms with E-state index in [0.29, 0.717) is 10.6 Å². The molecule has 3 aromatic rings. The van der Waals surface area contributed by atoms with Crippen LogP contribution in [0.4, 0.5) is 5.69 Å². The SMILES string of the molecule is NC(=Nc1ccc(CCNCc2cccc(Cl)c2)cc1)C(=O)c1cccs1. The highest BCUT2D eigenvalue weighted by atomic mass is 35.5. The summed E-state index contributed by atoms with van der Waals surface area (Å²) in [6, 6.07) is 19.2. The summed E-state index contributed by atoms with van der Waals surface area (Å²) in [4.78, 5) is 16.9. The lowest BCUT2D eigenvalue weighted by atomic mass is 10.1. The van der Waals surface area contributed by atoms with Crippen LogP contribution in [0.25, 0.3) is 0 Å². The van der Waals surface area contributed by atoms with Gasteiger partial charge in [0.2, 0.25) is 5.78 Å². The molecule has 138 valence electrons. The lowest BCUT2D eigenvalue weighted by Gasteiger charge is -2.06. The van der Waals surface area contributed by atoms with Gasteiger partial charge in [-0.3, -0.25) is 4.79 Å². The molecule has 0 saturated carbocycles. The van der Waals surface area contributed by atoms with Crippen LogP contribution in [0.15, 0.2) is 71.0 Å². The molecule has 1 heterocycles. The number of ketones is 1. The second-order valence-corrected chi connectivity index (χ2v) is 7.41. The smallest absolute Gasteiger partial charge is 0.237 e. The molecule has 0 fully saturated rings. The fraction of sp³-hybridized carbons (Fsp3) is 0.143. The Labute approximate surface area is 167 Å². The zero-order valence-corrected chi connectivity index (χ0v) is 16.3. The van der Waals surface area contributed by atoms with E-state index >= 15 is 0 Å². The second-order valence-electron chi connectivity index (χ2n) is 6.03. The van der Waals surface area contributed by atoms with Crippen molar-refractivity contribution < 1.29 is 4.79 Å². The Morgan fingerprint density at radius 3 is 2.59 bits per heavy atom. The van der Waals surface area contributed by atoms with Gasteiger partial charge in [-0.2, -0.15) is 0 Å². The molecule has 0 radical (unpaired) electrons. The molecule has 0 bridgehead atoms. The Bertz CT molecular complexity index is 921. The van der Waals surface area contributed by atoms with E-state index in [-0.39, 0.29) is 11.6 Å². The predicted octanol–water partition coefficient (Wildman–Crippen LogP) is 4.61. The van der Waals surface area contributed by atoms with Crippen LogP contribution in [0.5, 0.6) is 0 Å². The standard InChI is InChI=1S/C21H20ClN3OS/c22-17-4-1-3-16(13-17)14-24-11-10-15-6-8-18(9-7-15)25-21(23)20(26)19-5-2-12-27-19/h1-9,12-13,24H,10-11,14H2,(H2,23,25). The number of carbonyl (C=O) groups excluding carboxylic acids is 1. The topological polar surface area (TPSA) is 67.5 Å². The summed E-state index contributed by atoms with van der Waals surface area (Å²) >= 11 is 7.34. The number of rotatable bonds is 8. The summed E-state index contributed by atoms with van der Waals surface area (Å²) in [6.07, 6.45) is 0.897. The third kappa shape index (κ3) is 5.76. The zero-order valence-electron chi connectivity index (χ0n) is 14.7. The fourth-order valence-corrected chi connectivity index (χ4v) is 3.46. The first-order chi connectivity index (χ1) is 13.1. The van der Waals surface area contributed by atoms with E-state index in [2.05, 4.69) is 10.3 Å². The summed E-state index contributed by atoms with van der Waals surface area (Å²) in [5.41, 5.74) is 8.86. The van der Waals surface area contributed by atoms with Crippen LogP contribution >= 0.6 is 22.9 Å². The van der Waals surface area contributed by atoms with Crippen LogP contribution in [0, 0.1) is 0 Å². The first kappa shape index (κ1) is 19.3.